The maximum Gasteiger partial charge on any atom is 0.0893 e. The Balaban J connectivity index is 2.42. The molecule has 0 bridgehead atoms. The van der Waals surface area contributed by atoms with Gasteiger partial charge in [0.05, 0.1) is 11.9 Å². The van der Waals surface area contributed by atoms with Gasteiger partial charge in [-0.15, -0.1) is 0 Å². The molecule has 0 atom stereocenters. The molecule has 1 radical (unpaired) electrons. The van der Waals surface area contributed by atoms with Crippen LogP contribution in [0.5, 0.6) is 0 Å². The van der Waals surface area contributed by atoms with Crippen LogP contribution in [-0.2, 0) is 0 Å². The molecule has 0 unspecified atom stereocenters. The van der Waals surface area contributed by atoms with Crippen molar-refractivity contribution in [3.05, 3.63) is 53.7 Å². The average Bonchev–Trinajstić information content (AvgIpc) is 2.20. The first-order valence-corrected chi connectivity index (χ1v) is 4.33. The number of nitrogens with zero attached hydrogens (tertiary/aromatic N) is 1. The average molecular weight is 189 g/mol. The van der Waals surface area contributed by atoms with Gasteiger partial charge in [0, 0.05) is 10.6 Å². The SMILES string of the molecule is Clc1ccc(-c2ccc[c]n2)cc1. The van der Waals surface area contributed by atoms with Crippen LogP contribution in [0.25, 0.3) is 11.3 Å². The third-order valence-electron chi connectivity index (χ3n) is 1.75. The maximum absolute atomic E-state index is 5.77. The van der Waals surface area contributed by atoms with Crippen molar-refractivity contribution in [3.63, 3.8) is 0 Å². The Labute approximate surface area is 82.0 Å². The first-order chi connectivity index (χ1) is 6.36. The zero-order valence-corrected chi connectivity index (χ0v) is 7.62. The molecule has 0 saturated carbocycles. The number of benzene rings is 1. The summed E-state index contributed by atoms with van der Waals surface area (Å²) in [6.07, 6.45) is 2.79. The third kappa shape index (κ3) is 1.87. The molecular formula is C11H7ClN. The van der Waals surface area contributed by atoms with Gasteiger partial charge in [-0.1, -0.05) is 29.8 Å². The van der Waals surface area contributed by atoms with E-state index >= 15 is 0 Å². The summed E-state index contributed by atoms with van der Waals surface area (Å²) in [6.45, 7) is 0. The smallest absolute Gasteiger partial charge is 0.0893 e. The fourth-order valence-electron chi connectivity index (χ4n) is 1.11. The number of rotatable bonds is 1. The zero-order valence-electron chi connectivity index (χ0n) is 6.87. The van der Waals surface area contributed by atoms with Crippen LogP contribution in [0.1, 0.15) is 0 Å². The first kappa shape index (κ1) is 8.27. The van der Waals surface area contributed by atoms with E-state index in [1.165, 1.54) is 0 Å². The summed E-state index contributed by atoms with van der Waals surface area (Å²) in [7, 11) is 0. The maximum atomic E-state index is 5.77. The molecule has 2 heteroatoms. The number of aromatic nitrogens is 1. The molecule has 0 fully saturated rings. The summed E-state index contributed by atoms with van der Waals surface area (Å²) in [5, 5.41) is 0.740. The normalized spacial score (nSPS) is 9.92. The number of pyridine rings is 1. The summed E-state index contributed by atoms with van der Waals surface area (Å²) in [4.78, 5) is 4.11. The first-order valence-electron chi connectivity index (χ1n) is 3.95. The molecule has 63 valence electrons. The molecule has 2 aromatic rings. The molecule has 0 N–H and O–H groups in total. The fraction of sp³-hybridized carbons (Fsp3) is 0. The Kier molecular flexibility index (Phi) is 2.28. The van der Waals surface area contributed by atoms with Gasteiger partial charge in [0.25, 0.3) is 0 Å². The lowest BCUT2D eigenvalue weighted by Gasteiger charge is -1.98. The molecule has 13 heavy (non-hydrogen) atoms. The molecule has 2 rings (SSSR count). The number of hydrogen-bond acceptors (Lipinski definition) is 1. The van der Waals surface area contributed by atoms with E-state index in [1.807, 2.05) is 36.4 Å². The number of halogens is 1. The van der Waals surface area contributed by atoms with E-state index in [1.54, 1.807) is 6.07 Å². The van der Waals surface area contributed by atoms with Gasteiger partial charge in [-0.3, -0.25) is 0 Å². The van der Waals surface area contributed by atoms with Crippen LogP contribution >= 0.6 is 11.6 Å². The molecule has 1 heterocycles. The van der Waals surface area contributed by atoms with Gasteiger partial charge < -0.3 is 0 Å². The molecule has 0 aliphatic rings. The van der Waals surface area contributed by atoms with E-state index in [-0.39, 0.29) is 0 Å². The molecule has 1 aromatic heterocycles. The van der Waals surface area contributed by atoms with Gasteiger partial charge >= 0.3 is 0 Å². The van der Waals surface area contributed by atoms with Gasteiger partial charge in [0.15, 0.2) is 0 Å². The van der Waals surface area contributed by atoms with E-state index in [4.69, 9.17) is 11.6 Å². The summed E-state index contributed by atoms with van der Waals surface area (Å²) >= 11 is 5.77. The van der Waals surface area contributed by atoms with Gasteiger partial charge in [0.2, 0.25) is 0 Å². The van der Waals surface area contributed by atoms with Gasteiger partial charge in [-0.05, 0) is 24.3 Å². The van der Waals surface area contributed by atoms with E-state index in [9.17, 15) is 0 Å². The van der Waals surface area contributed by atoms with Crippen molar-refractivity contribution in [2.24, 2.45) is 0 Å². The summed E-state index contributed by atoms with van der Waals surface area (Å²) < 4.78 is 0. The molecule has 0 spiro atoms. The lowest BCUT2D eigenvalue weighted by Crippen LogP contribution is -1.80. The Morgan fingerprint density at radius 1 is 1.08 bits per heavy atom. The van der Waals surface area contributed by atoms with Crippen LogP contribution in [-0.4, -0.2) is 4.98 Å². The quantitative estimate of drug-likeness (QED) is 0.670. The second kappa shape index (κ2) is 3.58. The van der Waals surface area contributed by atoms with Crippen molar-refractivity contribution in [1.82, 2.24) is 4.98 Å². The van der Waals surface area contributed by atoms with Crippen LogP contribution in [0, 0.1) is 6.20 Å². The molecular weight excluding hydrogens is 182 g/mol. The van der Waals surface area contributed by atoms with Crippen molar-refractivity contribution in [1.29, 1.82) is 0 Å². The predicted octanol–water partition coefficient (Wildman–Crippen LogP) is 3.20. The van der Waals surface area contributed by atoms with Crippen LogP contribution in [0.15, 0.2) is 42.5 Å². The standard InChI is InChI=1S/C11H7ClN/c12-10-6-4-9(5-7-10)11-3-1-2-8-13-11/h1-7H. The lowest BCUT2D eigenvalue weighted by atomic mass is 10.1. The minimum atomic E-state index is 0.740. The van der Waals surface area contributed by atoms with Crippen LogP contribution in [0.3, 0.4) is 0 Å². The van der Waals surface area contributed by atoms with Crippen LogP contribution in [0.4, 0.5) is 0 Å². The van der Waals surface area contributed by atoms with Crippen molar-refractivity contribution >= 4 is 11.6 Å². The minimum Gasteiger partial charge on any atom is -0.246 e. The van der Waals surface area contributed by atoms with Crippen molar-refractivity contribution < 1.29 is 0 Å². The van der Waals surface area contributed by atoms with Gasteiger partial charge in [-0.25, -0.2) is 4.98 Å². The molecule has 1 nitrogen and oxygen atoms in total. The highest BCUT2D eigenvalue weighted by atomic mass is 35.5. The van der Waals surface area contributed by atoms with E-state index < -0.39 is 0 Å². The Morgan fingerprint density at radius 2 is 1.85 bits per heavy atom. The third-order valence-corrected chi connectivity index (χ3v) is 2.00. The second-order valence-corrected chi connectivity index (χ2v) is 3.10. The summed E-state index contributed by atoms with van der Waals surface area (Å²) in [5.41, 5.74) is 1.97. The van der Waals surface area contributed by atoms with Crippen molar-refractivity contribution in [3.8, 4) is 11.3 Å². The Bertz CT molecular complexity index is 381. The fourth-order valence-corrected chi connectivity index (χ4v) is 1.23. The topological polar surface area (TPSA) is 12.9 Å². The molecule has 0 aliphatic carbocycles. The highest BCUT2D eigenvalue weighted by molar-refractivity contribution is 6.30. The number of hydrogen-bond donors (Lipinski definition) is 0. The van der Waals surface area contributed by atoms with Crippen LogP contribution in [0.2, 0.25) is 5.02 Å². The van der Waals surface area contributed by atoms with Gasteiger partial charge in [-0.2, -0.15) is 0 Å². The van der Waals surface area contributed by atoms with E-state index in [2.05, 4.69) is 11.2 Å². The largest absolute Gasteiger partial charge is 0.246 e. The highest BCUT2D eigenvalue weighted by Crippen LogP contribution is 2.18. The van der Waals surface area contributed by atoms with E-state index in [0.717, 1.165) is 16.3 Å². The molecule has 1 aromatic carbocycles. The predicted molar refractivity (Wildman–Crippen MR) is 53.5 cm³/mol. The summed E-state index contributed by atoms with van der Waals surface area (Å²) in [5.74, 6) is 0. The van der Waals surface area contributed by atoms with Crippen LogP contribution < -0.4 is 0 Å². The second-order valence-electron chi connectivity index (χ2n) is 2.66. The Morgan fingerprint density at radius 3 is 2.46 bits per heavy atom. The van der Waals surface area contributed by atoms with Crippen molar-refractivity contribution in [2.75, 3.05) is 0 Å². The molecule has 0 saturated heterocycles. The van der Waals surface area contributed by atoms with Crippen molar-refractivity contribution in [2.45, 2.75) is 0 Å². The summed E-state index contributed by atoms with van der Waals surface area (Å²) in [6, 6.07) is 13.2. The Hall–Kier alpha value is -1.34. The minimum absolute atomic E-state index is 0.740. The monoisotopic (exact) mass is 188 g/mol. The van der Waals surface area contributed by atoms with E-state index in [0.29, 0.717) is 0 Å². The highest BCUT2D eigenvalue weighted by Gasteiger charge is 1.96. The zero-order chi connectivity index (χ0) is 9.10. The lowest BCUT2D eigenvalue weighted by molar-refractivity contribution is 1.31. The molecule has 0 amide bonds. The molecule has 0 aliphatic heterocycles. The van der Waals surface area contributed by atoms with Gasteiger partial charge in [0.1, 0.15) is 0 Å².